The van der Waals surface area contributed by atoms with Crippen LogP contribution in [0.1, 0.15) is 40.0 Å². The fourth-order valence-electron chi connectivity index (χ4n) is 4.58. The Morgan fingerprint density at radius 1 is 1.23 bits per heavy atom. The van der Waals surface area contributed by atoms with Gasteiger partial charge in [-0.05, 0) is 51.8 Å². The molecule has 4 heterocycles. The van der Waals surface area contributed by atoms with Crippen LogP contribution in [-0.2, 0) is 9.47 Å². The van der Waals surface area contributed by atoms with Gasteiger partial charge in [-0.15, -0.1) is 0 Å². The number of ether oxygens (including phenoxy) is 4. The standard InChI is InChI=1S/C28H33ClFN5O5/c1-28(2,3)40-27(36)35-11-10-18(13-35)39-22-9-7-20-25(34-22)26(32-16-31-20)33-19-6-8-21(23(29)24(19)30)38-15-17-5-4-12-37-14-17/h6-9,16-18H,4-5,10-15H2,1-3H3,(H,31,32,33)/t17-,18+/m1/s1. The Kier molecular flexibility index (Phi) is 8.41. The van der Waals surface area contributed by atoms with E-state index in [0.29, 0.717) is 55.5 Å². The molecule has 0 aliphatic carbocycles. The number of halogens is 2. The molecule has 2 aliphatic heterocycles. The van der Waals surface area contributed by atoms with Crippen LogP contribution in [0, 0.1) is 11.7 Å². The SMILES string of the molecule is CC(C)(C)OC(=O)N1CC[C@H](Oc2ccc3ncnc(Nc4ccc(OC[C@@H]5CCCOC5)c(Cl)c4F)c3n2)C1. The van der Waals surface area contributed by atoms with E-state index in [2.05, 4.69) is 20.3 Å². The van der Waals surface area contributed by atoms with E-state index in [1.54, 1.807) is 29.2 Å². The molecule has 0 saturated carbocycles. The number of amides is 1. The molecule has 5 rings (SSSR count). The van der Waals surface area contributed by atoms with Gasteiger partial charge < -0.3 is 29.2 Å². The number of hydrogen-bond donors (Lipinski definition) is 1. The predicted molar refractivity (Wildman–Crippen MR) is 148 cm³/mol. The Bertz CT molecular complexity index is 1360. The van der Waals surface area contributed by atoms with Crippen LogP contribution in [0.2, 0.25) is 5.02 Å². The molecular formula is C28H33ClFN5O5. The monoisotopic (exact) mass is 573 g/mol. The number of anilines is 2. The van der Waals surface area contributed by atoms with Crippen molar-refractivity contribution in [2.24, 2.45) is 5.92 Å². The van der Waals surface area contributed by atoms with Crippen LogP contribution in [0.4, 0.5) is 20.7 Å². The number of pyridine rings is 1. The third kappa shape index (κ3) is 6.82. The first kappa shape index (κ1) is 28.1. The second-order valence-electron chi connectivity index (χ2n) is 11.0. The maximum Gasteiger partial charge on any atom is 0.410 e. The van der Waals surface area contributed by atoms with Crippen molar-refractivity contribution in [1.82, 2.24) is 19.9 Å². The van der Waals surface area contributed by atoms with Gasteiger partial charge in [0.25, 0.3) is 0 Å². The van der Waals surface area contributed by atoms with E-state index in [1.165, 1.54) is 6.33 Å². The van der Waals surface area contributed by atoms with Crippen molar-refractivity contribution in [2.75, 3.05) is 38.2 Å². The summed E-state index contributed by atoms with van der Waals surface area (Å²) in [6, 6.07) is 6.63. The first-order chi connectivity index (χ1) is 19.2. The topological polar surface area (TPSA) is 108 Å². The molecule has 2 aromatic heterocycles. The summed E-state index contributed by atoms with van der Waals surface area (Å²) in [4.78, 5) is 27.1. The molecule has 1 amide bonds. The summed E-state index contributed by atoms with van der Waals surface area (Å²) in [5, 5.41) is 2.86. The molecule has 2 atom stereocenters. The average Bonchev–Trinajstić information content (AvgIpc) is 3.39. The van der Waals surface area contributed by atoms with Crippen LogP contribution < -0.4 is 14.8 Å². The Morgan fingerprint density at radius 2 is 2.08 bits per heavy atom. The predicted octanol–water partition coefficient (Wildman–Crippen LogP) is 5.75. The summed E-state index contributed by atoms with van der Waals surface area (Å²) in [7, 11) is 0. The quantitative estimate of drug-likeness (QED) is 0.377. The number of nitrogens with one attached hydrogen (secondary N) is 1. The smallest absolute Gasteiger partial charge is 0.410 e. The van der Waals surface area contributed by atoms with Crippen LogP contribution in [-0.4, -0.2) is 70.6 Å². The zero-order chi connectivity index (χ0) is 28.3. The van der Waals surface area contributed by atoms with Crippen LogP contribution in [0.3, 0.4) is 0 Å². The summed E-state index contributed by atoms with van der Waals surface area (Å²) in [5.41, 5.74) is 0.499. The van der Waals surface area contributed by atoms with Gasteiger partial charge in [-0.3, -0.25) is 0 Å². The molecule has 12 heteroatoms. The summed E-state index contributed by atoms with van der Waals surface area (Å²) >= 11 is 6.31. The molecule has 2 aliphatic rings. The largest absolute Gasteiger partial charge is 0.492 e. The molecule has 0 radical (unpaired) electrons. The highest BCUT2D eigenvalue weighted by Crippen LogP contribution is 2.35. The number of carbonyl (C=O) groups is 1. The summed E-state index contributed by atoms with van der Waals surface area (Å²) in [6.07, 6.45) is 3.37. The molecular weight excluding hydrogens is 541 g/mol. The Labute approximate surface area is 237 Å². The third-order valence-electron chi connectivity index (χ3n) is 6.57. The highest BCUT2D eigenvalue weighted by molar-refractivity contribution is 6.32. The summed E-state index contributed by atoms with van der Waals surface area (Å²) < 4.78 is 38.0. The van der Waals surface area contributed by atoms with Gasteiger partial charge in [-0.1, -0.05) is 11.6 Å². The number of hydrogen-bond acceptors (Lipinski definition) is 9. The van der Waals surface area contributed by atoms with Crippen LogP contribution in [0.15, 0.2) is 30.6 Å². The van der Waals surface area contributed by atoms with E-state index in [1.807, 2.05) is 20.8 Å². The second-order valence-corrected chi connectivity index (χ2v) is 11.3. The lowest BCUT2D eigenvalue weighted by molar-refractivity contribution is 0.0275. The van der Waals surface area contributed by atoms with Gasteiger partial charge in [0.2, 0.25) is 5.88 Å². The second kappa shape index (κ2) is 12.0. The highest BCUT2D eigenvalue weighted by atomic mass is 35.5. The maximum atomic E-state index is 15.2. The van der Waals surface area contributed by atoms with E-state index in [9.17, 15) is 4.79 Å². The zero-order valence-electron chi connectivity index (χ0n) is 22.8. The number of nitrogens with zero attached hydrogens (tertiary/aromatic N) is 4. The maximum absolute atomic E-state index is 15.2. The van der Waals surface area contributed by atoms with Gasteiger partial charge in [-0.2, -0.15) is 0 Å². The van der Waals surface area contributed by atoms with Crippen LogP contribution in [0.5, 0.6) is 11.6 Å². The lowest BCUT2D eigenvalue weighted by Gasteiger charge is -2.24. The molecule has 214 valence electrons. The van der Waals surface area contributed by atoms with Crippen molar-refractivity contribution in [3.63, 3.8) is 0 Å². The van der Waals surface area contributed by atoms with E-state index in [0.717, 1.165) is 19.4 Å². The number of likely N-dealkylation sites (tertiary alicyclic amines) is 1. The van der Waals surface area contributed by atoms with Crippen LogP contribution >= 0.6 is 11.6 Å². The Hall–Kier alpha value is -3.44. The minimum absolute atomic E-state index is 0.118. The van der Waals surface area contributed by atoms with Crippen molar-refractivity contribution in [1.29, 1.82) is 0 Å². The summed E-state index contributed by atoms with van der Waals surface area (Å²) in [5.74, 6) is 0.501. The van der Waals surface area contributed by atoms with Crippen molar-refractivity contribution in [3.8, 4) is 11.6 Å². The number of rotatable bonds is 7. The zero-order valence-corrected chi connectivity index (χ0v) is 23.5. The first-order valence-corrected chi connectivity index (χ1v) is 13.8. The number of benzene rings is 1. The van der Waals surface area contributed by atoms with Crippen molar-refractivity contribution >= 4 is 40.2 Å². The minimum atomic E-state index is -0.661. The van der Waals surface area contributed by atoms with Crippen LogP contribution in [0.25, 0.3) is 11.0 Å². The highest BCUT2D eigenvalue weighted by Gasteiger charge is 2.31. The van der Waals surface area contributed by atoms with Gasteiger partial charge in [0, 0.05) is 31.6 Å². The normalized spacial score (nSPS) is 19.5. The Morgan fingerprint density at radius 3 is 2.85 bits per heavy atom. The van der Waals surface area contributed by atoms with Gasteiger partial charge in [-0.25, -0.2) is 24.1 Å². The average molecular weight is 574 g/mol. The number of carbonyl (C=O) groups excluding carboxylic acids is 1. The first-order valence-electron chi connectivity index (χ1n) is 13.4. The minimum Gasteiger partial charge on any atom is -0.492 e. The molecule has 2 fully saturated rings. The number of fused-ring (bicyclic) bond motifs is 1. The molecule has 3 aromatic rings. The lowest BCUT2D eigenvalue weighted by atomic mass is 10.0. The molecule has 2 saturated heterocycles. The van der Waals surface area contributed by atoms with Crippen molar-refractivity contribution in [2.45, 2.75) is 51.7 Å². The third-order valence-corrected chi connectivity index (χ3v) is 6.92. The van der Waals surface area contributed by atoms with Gasteiger partial charge in [0.05, 0.1) is 31.0 Å². The molecule has 0 spiro atoms. The molecule has 1 N–H and O–H groups in total. The van der Waals surface area contributed by atoms with Gasteiger partial charge in [0.15, 0.2) is 11.6 Å². The van der Waals surface area contributed by atoms with E-state index in [4.69, 9.17) is 30.5 Å². The number of aromatic nitrogens is 3. The fourth-order valence-corrected chi connectivity index (χ4v) is 4.80. The van der Waals surface area contributed by atoms with Gasteiger partial charge >= 0.3 is 6.09 Å². The Balaban J connectivity index is 1.27. The summed E-state index contributed by atoms with van der Waals surface area (Å²) in [6.45, 7) is 8.20. The molecule has 40 heavy (non-hydrogen) atoms. The fraction of sp³-hybridized carbons (Fsp3) is 0.500. The van der Waals surface area contributed by atoms with Crippen molar-refractivity contribution in [3.05, 3.63) is 41.4 Å². The molecule has 10 nitrogen and oxygen atoms in total. The van der Waals surface area contributed by atoms with E-state index < -0.39 is 11.4 Å². The molecule has 0 unspecified atom stereocenters. The van der Waals surface area contributed by atoms with E-state index >= 15 is 4.39 Å². The van der Waals surface area contributed by atoms with E-state index in [-0.39, 0.29) is 34.6 Å². The molecule has 0 bridgehead atoms. The molecule has 1 aromatic carbocycles. The van der Waals surface area contributed by atoms with Crippen molar-refractivity contribution < 1.29 is 28.1 Å². The van der Waals surface area contributed by atoms with Gasteiger partial charge in [0.1, 0.15) is 34.3 Å². The lowest BCUT2D eigenvalue weighted by Crippen LogP contribution is -2.36.